The van der Waals surface area contributed by atoms with Crippen LogP contribution in [0.1, 0.15) is 28.7 Å². The third kappa shape index (κ3) is 4.30. The molecule has 0 spiro atoms. The number of benzene rings is 2. The summed E-state index contributed by atoms with van der Waals surface area (Å²) in [6, 6.07) is 18.2. The second kappa shape index (κ2) is 9.38. The molecule has 8 heteroatoms. The average molecular weight is 452 g/mol. The van der Waals surface area contributed by atoms with Crippen LogP contribution < -0.4 is 10.5 Å². The molecule has 2 amide bonds. The molecule has 32 heavy (non-hydrogen) atoms. The van der Waals surface area contributed by atoms with Gasteiger partial charge in [0.15, 0.2) is 0 Å². The molecule has 2 aromatic carbocycles. The molecule has 0 saturated carbocycles. The van der Waals surface area contributed by atoms with Crippen molar-refractivity contribution in [2.24, 2.45) is 5.73 Å². The van der Waals surface area contributed by atoms with Crippen LogP contribution in [0.5, 0.6) is 5.88 Å². The van der Waals surface area contributed by atoms with Crippen molar-refractivity contribution in [1.29, 1.82) is 0 Å². The Morgan fingerprint density at radius 1 is 1.12 bits per heavy atom. The van der Waals surface area contributed by atoms with Gasteiger partial charge < -0.3 is 15.2 Å². The maximum absolute atomic E-state index is 13.5. The predicted molar refractivity (Wildman–Crippen MR) is 119 cm³/mol. The molecule has 3 aromatic rings. The molecule has 2 heterocycles. The number of aromatic nitrogens is 1. The minimum absolute atomic E-state index is 0.0804. The number of rotatable bonds is 6. The van der Waals surface area contributed by atoms with Gasteiger partial charge in [0.25, 0.3) is 5.91 Å². The number of amides is 2. The number of halogens is 1. The van der Waals surface area contributed by atoms with Crippen molar-refractivity contribution >= 4 is 23.6 Å². The molecule has 4 rings (SSSR count). The molecule has 2 N–H and O–H groups in total. The maximum Gasteiger partial charge on any atom is 0.417 e. The minimum atomic E-state index is -1.07. The maximum atomic E-state index is 13.5. The molecular weight excluding hydrogens is 430 g/mol. The zero-order valence-electron chi connectivity index (χ0n) is 17.4. The molecule has 1 aliphatic heterocycles. The Hall–Kier alpha value is -3.42. The van der Waals surface area contributed by atoms with Crippen LogP contribution in [-0.2, 0) is 9.53 Å². The fraction of sp³-hybridized carbons (Fsp3) is 0.208. The Morgan fingerprint density at radius 3 is 2.44 bits per heavy atom. The highest BCUT2D eigenvalue weighted by molar-refractivity contribution is 6.30. The molecule has 0 bridgehead atoms. The van der Waals surface area contributed by atoms with E-state index in [0.717, 1.165) is 16.0 Å². The van der Waals surface area contributed by atoms with Gasteiger partial charge in [-0.2, -0.15) is 0 Å². The fourth-order valence-corrected chi connectivity index (χ4v) is 3.99. The number of nitrogens with zero attached hydrogens (tertiary/aromatic N) is 2. The molecule has 0 unspecified atom stereocenters. The van der Waals surface area contributed by atoms with Gasteiger partial charge >= 0.3 is 6.09 Å². The summed E-state index contributed by atoms with van der Waals surface area (Å²) < 4.78 is 10.3. The van der Waals surface area contributed by atoms with Gasteiger partial charge in [-0.1, -0.05) is 60.1 Å². The van der Waals surface area contributed by atoms with Crippen LogP contribution >= 0.6 is 11.6 Å². The molecule has 0 aliphatic carbocycles. The quantitative estimate of drug-likeness (QED) is 0.610. The number of hydrogen-bond donors (Lipinski definition) is 1. The summed E-state index contributed by atoms with van der Waals surface area (Å²) in [5, 5.41) is 0.563. The van der Waals surface area contributed by atoms with E-state index < -0.39 is 30.0 Å². The van der Waals surface area contributed by atoms with Crippen molar-refractivity contribution in [3.63, 3.8) is 0 Å². The highest BCUT2D eigenvalue weighted by atomic mass is 35.5. The van der Waals surface area contributed by atoms with E-state index >= 15 is 0 Å². The number of imide groups is 1. The zero-order valence-corrected chi connectivity index (χ0v) is 18.1. The topological polar surface area (TPSA) is 94.8 Å². The lowest BCUT2D eigenvalue weighted by Crippen LogP contribution is -2.48. The standard InChI is InChI=1S/C24H22ClN3O4/c1-31-20-12-9-17(13-27-20)21(16-7-10-18(25)11-8-16)22(26)23(29)28-19(14-32-24(28)30)15-5-3-2-4-6-15/h2-13,19,21-22H,14,26H2,1H3/t19-,21+,22+/m1/s1. The minimum Gasteiger partial charge on any atom is -0.481 e. The fourth-order valence-electron chi connectivity index (χ4n) is 3.86. The van der Waals surface area contributed by atoms with Crippen molar-refractivity contribution in [3.8, 4) is 5.88 Å². The highest BCUT2D eigenvalue weighted by Crippen LogP contribution is 2.33. The molecular formula is C24H22ClN3O4. The van der Waals surface area contributed by atoms with Crippen molar-refractivity contribution in [2.45, 2.75) is 18.0 Å². The van der Waals surface area contributed by atoms with Gasteiger partial charge in [-0.15, -0.1) is 0 Å². The van der Waals surface area contributed by atoms with Crippen LogP contribution in [0.25, 0.3) is 0 Å². The summed E-state index contributed by atoms with van der Waals surface area (Å²) in [4.78, 5) is 31.4. The third-order valence-electron chi connectivity index (χ3n) is 5.50. The second-order valence-electron chi connectivity index (χ2n) is 7.40. The molecule has 164 valence electrons. The van der Waals surface area contributed by atoms with E-state index in [4.69, 9.17) is 26.8 Å². The molecule has 1 aliphatic rings. The van der Waals surface area contributed by atoms with Gasteiger partial charge in [-0.05, 0) is 28.8 Å². The Morgan fingerprint density at radius 2 is 1.81 bits per heavy atom. The molecule has 0 radical (unpaired) electrons. The number of hydrogen-bond acceptors (Lipinski definition) is 6. The summed E-state index contributed by atoms with van der Waals surface area (Å²) in [6.45, 7) is 0.0804. The Kier molecular flexibility index (Phi) is 6.39. The van der Waals surface area contributed by atoms with Crippen LogP contribution in [0.2, 0.25) is 5.02 Å². The summed E-state index contributed by atoms with van der Waals surface area (Å²) in [5.74, 6) is -0.657. The molecule has 1 aromatic heterocycles. The van der Waals surface area contributed by atoms with Gasteiger partial charge in [-0.3, -0.25) is 4.79 Å². The van der Waals surface area contributed by atoms with E-state index in [2.05, 4.69) is 4.98 Å². The normalized spacial score (nSPS) is 17.5. The lowest BCUT2D eigenvalue weighted by atomic mass is 9.85. The monoisotopic (exact) mass is 451 g/mol. The number of methoxy groups -OCH3 is 1. The molecule has 1 saturated heterocycles. The second-order valence-corrected chi connectivity index (χ2v) is 7.84. The zero-order chi connectivity index (χ0) is 22.7. The van der Waals surface area contributed by atoms with Crippen molar-refractivity contribution < 1.29 is 19.1 Å². The number of nitrogens with two attached hydrogens (primary N) is 1. The Bertz CT molecular complexity index is 1090. The number of ether oxygens (including phenoxy) is 2. The predicted octanol–water partition coefficient (Wildman–Crippen LogP) is 3.92. The smallest absolute Gasteiger partial charge is 0.417 e. The van der Waals surface area contributed by atoms with Crippen LogP contribution in [0.4, 0.5) is 4.79 Å². The van der Waals surface area contributed by atoms with Crippen LogP contribution in [0, 0.1) is 0 Å². The molecule has 7 nitrogen and oxygen atoms in total. The first-order chi connectivity index (χ1) is 15.5. The lowest BCUT2D eigenvalue weighted by molar-refractivity contribution is -0.131. The van der Waals surface area contributed by atoms with Crippen LogP contribution in [0.3, 0.4) is 0 Å². The van der Waals surface area contributed by atoms with Gasteiger partial charge in [0.1, 0.15) is 12.6 Å². The first-order valence-corrected chi connectivity index (χ1v) is 10.4. The van der Waals surface area contributed by atoms with E-state index in [0.29, 0.717) is 16.5 Å². The van der Waals surface area contributed by atoms with Crippen LogP contribution in [-0.4, -0.2) is 41.6 Å². The number of carbonyl (C=O) groups is 2. The van der Waals surface area contributed by atoms with Crippen molar-refractivity contribution in [1.82, 2.24) is 9.88 Å². The third-order valence-corrected chi connectivity index (χ3v) is 5.75. The van der Waals surface area contributed by atoms with Gasteiger partial charge in [-0.25, -0.2) is 14.7 Å². The van der Waals surface area contributed by atoms with Crippen molar-refractivity contribution in [2.75, 3.05) is 13.7 Å². The molecule has 1 fully saturated rings. The van der Waals surface area contributed by atoms with E-state index in [1.807, 2.05) is 30.3 Å². The van der Waals surface area contributed by atoms with E-state index in [1.54, 1.807) is 42.6 Å². The Balaban J connectivity index is 1.70. The number of cyclic esters (lactones) is 1. The lowest BCUT2D eigenvalue weighted by Gasteiger charge is -2.28. The van der Waals surface area contributed by atoms with Gasteiger partial charge in [0, 0.05) is 23.2 Å². The Labute approximate surface area is 190 Å². The first-order valence-electron chi connectivity index (χ1n) is 10.1. The number of carbonyl (C=O) groups excluding carboxylic acids is 2. The SMILES string of the molecule is COc1ccc([C@H](c2ccc(Cl)cc2)[C@H](N)C(=O)N2C(=O)OC[C@@H]2c2ccccc2)cn1. The van der Waals surface area contributed by atoms with Crippen LogP contribution in [0.15, 0.2) is 72.9 Å². The first kappa shape index (κ1) is 21.8. The molecule has 3 atom stereocenters. The highest BCUT2D eigenvalue weighted by Gasteiger charge is 2.43. The summed E-state index contributed by atoms with van der Waals surface area (Å²) in [7, 11) is 1.52. The van der Waals surface area contributed by atoms with Gasteiger partial charge in [0.05, 0.1) is 13.2 Å². The summed E-state index contributed by atoms with van der Waals surface area (Å²) in [6.07, 6.45) is 0.907. The average Bonchev–Trinajstić information content (AvgIpc) is 3.22. The van der Waals surface area contributed by atoms with Gasteiger partial charge in [0.2, 0.25) is 5.88 Å². The van der Waals surface area contributed by atoms with E-state index in [1.165, 1.54) is 7.11 Å². The summed E-state index contributed by atoms with van der Waals surface area (Å²) >= 11 is 6.06. The largest absolute Gasteiger partial charge is 0.481 e. The number of pyridine rings is 1. The van der Waals surface area contributed by atoms with Crippen molar-refractivity contribution in [3.05, 3.63) is 94.6 Å². The van der Waals surface area contributed by atoms with E-state index in [9.17, 15) is 9.59 Å². The van der Waals surface area contributed by atoms with E-state index in [-0.39, 0.29) is 6.61 Å². The summed E-state index contributed by atoms with van der Waals surface area (Å²) in [5.41, 5.74) is 8.80.